The van der Waals surface area contributed by atoms with Gasteiger partial charge in [0, 0.05) is 6.08 Å². The van der Waals surface area contributed by atoms with Crippen LogP contribution in [0, 0.1) is 0 Å². The molecule has 0 amide bonds. The van der Waals surface area contributed by atoms with Crippen molar-refractivity contribution in [3.05, 3.63) is 48.6 Å². The summed E-state index contributed by atoms with van der Waals surface area (Å²) in [6.45, 7) is 2.35. The Balaban J connectivity index is 1.58. The van der Waals surface area contributed by atoms with Crippen LogP contribution in [0.1, 0.15) is 10.4 Å². The van der Waals surface area contributed by atoms with E-state index in [0.29, 0.717) is 5.56 Å². The molecule has 132 valence electrons. The Morgan fingerprint density at radius 1 is 1.00 bits per heavy atom. The third-order valence-corrected chi connectivity index (χ3v) is 4.44. The number of hydrogen-bond acceptors (Lipinski definition) is 8. The first-order valence-electron chi connectivity index (χ1n) is 7.82. The molecule has 8 nitrogen and oxygen atoms in total. The van der Waals surface area contributed by atoms with E-state index >= 15 is 0 Å². The number of hydrogen-bond donors (Lipinski definition) is 1. The first-order chi connectivity index (χ1) is 12.1. The Bertz CT molecular complexity index is 689. The molecular formula is C17H16O8. The molecule has 0 radical (unpaired) electrons. The number of aliphatic hydroxyl groups excluding tert-OH is 1. The van der Waals surface area contributed by atoms with E-state index in [1.165, 1.54) is 0 Å². The molecule has 8 heteroatoms. The van der Waals surface area contributed by atoms with Crippen molar-refractivity contribution >= 4 is 11.9 Å². The Hall–Kier alpha value is -2.26. The first kappa shape index (κ1) is 16.2. The molecule has 1 N–H and O–H groups in total. The highest BCUT2D eigenvalue weighted by atomic mass is 16.9. The van der Waals surface area contributed by atoms with Crippen molar-refractivity contribution < 1.29 is 38.4 Å². The van der Waals surface area contributed by atoms with Crippen molar-refractivity contribution in [1.82, 2.24) is 0 Å². The highest BCUT2D eigenvalue weighted by molar-refractivity contribution is 5.89. The van der Waals surface area contributed by atoms with Crippen molar-refractivity contribution in [3.8, 4) is 0 Å². The largest absolute Gasteiger partial charge is 0.453 e. The minimum Gasteiger partial charge on any atom is -0.453 e. The first-order valence-corrected chi connectivity index (χ1v) is 7.82. The highest BCUT2D eigenvalue weighted by Gasteiger charge is 2.64. The van der Waals surface area contributed by atoms with Gasteiger partial charge in [0.25, 0.3) is 6.48 Å². The second-order valence-corrected chi connectivity index (χ2v) is 5.92. The van der Waals surface area contributed by atoms with Gasteiger partial charge in [-0.1, -0.05) is 24.8 Å². The molecule has 1 aromatic carbocycles. The van der Waals surface area contributed by atoms with Crippen LogP contribution in [0.4, 0.5) is 0 Å². The van der Waals surface area contributed by atoms with Crippen molar-refractivity contribution in [1.29, 1.82) is 0 Å². The van der Waals surface area contributed by atoms with Crippen LogP contribution in [-0.4, -0.2) is 60.1 Å². The summed E-state index contributed by atoms with van der Waals surface area (Å²) in [4.78, 5) is 23.9. The minimum atomic E-state index is -1.13. The van der Waals surface area contributed by atoms with Crippen molar-refractivity contribution in [2.75, 3.05) is 0 Å². The van der Waals surface area contributed by atoms with E-state index < -0.39 is 55.0 Å². The van der Waals surface area contributed by atoms with Crippen LogP contribution in [0.3, 0.4) is 0 Å². The molecule has 3 saturated heterocycles. The molecule has 5 rings (SSSR count). The van der Waals surface area contributed by atoms with E-state index in [1.807, 2.05) is 0 Å². The number of benzene rings is 1. The predicted octanol–water partition coefficient (Wildman–Crippen LogP) is 0.151. The number of esters is 2. The molecule has 25 heavy (non-hydrogen) atoms. The molecular weight excluding hydrogens is 332 g/mol. The van der Waals surface area contributed by atoms with Crippen molar-refractivity contribution in [2.24, 2.45) is 0 Å². The van der Waals surface area contributed by atoms with Crippen LogP contribution in [0.15, 0.2) is 43.0 Å². The van der Waals surface area contributed by atoms with Crippen LogP contribution in [-0.2, 0) is 28.5 Å². The van der Waals surface area contributed by atoms with Gasteiger partial charge in [0.05, 0.1) is 5.56 Å². The van der Waals surface area contributed by atoms with Gasteiger partial charge in [-0.2, -0.15) is 0 Å². The third kappa shape index (κ3) is 2.73. The van der Waals surface area contributed by atoms with E-state index in [4.69, 9.17) is 23.7 Å². The Kier molecular flexibility index (Phi) is 4.04. The SMILES string of the molecule is C=CC(=O)O[C@H]1[C@@H]2O[C@H]3O[C@H]([C@@H](O)[C@@H]1O3)[C@H]2OC(=O)c1ccccc1. The van der Waals surface area contributed by atoms with Gasteiger partial charge in [-0.25, -0.2) is 9.59 Å². The number of ether oxygens (including phenoxy) is 5. The lowest BCUT2D eigenvalue weighted by Crippen LogP contribution is -2.76. The van der Waals surface area contributed by atoms with E-state index in [1.54, 1.807) is 30.3 Å². The highest BCUT2D eigenvalue weighted by Crippen LogP contribution is 2.42. The average Bonchev–Trinajstić information content (AvgIpc) is 2.64. The average molecular weight is 348 g/mol. The molecule has 0 aromatic heterocycles. The fourth-order valence-corrected chi connectivity index (χ4v) is 3.30. The molecule has 0 unspecified atom stereocenters. The molecule has 4 aliphatic rings. The quantitative estimate of drug-likeness (QED) is 0.606. The van der Waals surface area contributed by atoms with Gasteiger partial charge in [0.1, 0.15) is 24.4 Å². The zero-order chi connectivity index (χ0) is 17.6. The maximum atomic E-state index is 12.4. The van der Waals surface area contributed by atoms with E-state index in [2.05, 4.69) is 6.58 Å². The number of carbonyl (C=O) groups is 2. The van der Waals surface area contributed by atoms with Crippen LogP contribution < -0.4 is 0 Å². The molecule has 4 bridgehead atoms. The van der Waals surface area contributed by atoms with Crippen LogP contribution in [0.2, 0.25) is 0 Å². The van der Waals surface area contributed by atoms with Crippen molar-refractivity contribution in [3.63, 3.8) is 0 Å². The van der Waals surface area contributed by atoms with E-state index in [9.17, 15) is 14.7 Å². The smallest absolute Gasteiger partial charge is 0.338 e. The lowest BCUT2D eigenvalue weighted by atomic mass is 9.82. The number of rotatable bonds is 4. The number of carbonyl (C=O) groups excluding carboxylic acids is 2. The molecule has 1 aromatic rings. The monoisotopic (exact) mass is 348 g/mol. The summed E-state index contributed by atoms with van der Waals surface area (Å²) in [5.74, 6) is -1.28. The van der Waals surface area contributed by atoms with Crippen molar-refractivity contribution in [2.45, 2.75) is 43.1 Å². The van der Waals surface area contributed by atoms with Gasteiger partial charge >= 0.3 is 11.9 Å². The van der Waals surface area contributed by atoms with Gasteiger partial charge in [-0.15, -0.1) is 0 Å². The lowest BCUT2D eigenvalue weighted by molar-refractivity contribution is -0.479. The second-order valence-electron chi connectivity index (χ2n) is 5.92. The summed E-state index contributed by atoms with van der Waals surface area (Å²) in [5.41, 5.74) is 0.349. The van der Waals surface area contributed by atoms with Crippen LogP contribution in [0.25, 0.3) is 0 Å². The summed E-state index contributed by atoms with van der Waals surface area (Å²) >= 11 is 0. The summed E-state index contributed by atoms with van der Waals surface area (Å²) < 4.78 is 27.1. The number of aliphatic hydroxyl groups is 1. The predicted molar refractivity (Wildman–Crippen MR) is 80.1 cm³/mol. The molecule has 3 aliphatic heterocycles. The standard InChI is InChI=1S/C17H16O8/c1-2-9(18)21-13-11-10(19)12-14(15(13)25-17(23-11)24-12)22-16(20)8-6-4-3-5-7-8/h2-7,10-15,17,19H,1H2/t10-,11-,12+,13+,14+,15-,17+/m0/s1. The summed E-state index contributed by atoms with van der Waals surface area (Å²) in [6, 6.07) is 8.40. The van der Waals surface area contributed by atoms with Gasteiger partial charge in [-0.3, -0.25) is 0 Å². The summed E-state index contributed by atoms with van der Waals surface area (Å²) in [5, 5.41) is 10.4. The van der Waals surface area contributed by atoms with Crippen LogP contribution >= 0.6 is 0 Å². The molecule has 1 saturated carbocycles. The van der Waals surface area contributed by atoms with Gasteiger partial charge in [0.15, 0.2) is 12.2 Å². The van der Waals surface area contributed by atoms with Crippen LogP contribution in [0.5, 0.6) is 0 Å². The topological polar surface area (TPSA) is 101 Å². The third-order valence-electron chi connectivity index (χ3n) is 4.44. The minimum absolute atomic E-state index is 0.349. The molecule has 0 spiro atoms. The molecule has 7 atom stereocenters. The molecule has 1 aliphatic carbocycles. The maximum Gasteiger partial charge on any atom is 0.338 e. The molecule has 4 fully saturated rings. The fraction of sp³-hybridized carbons (Fsp3) is 0.412. The van der Waals surface area contributed by atoms with Gasteiger partial charge in [-0.05, 0) is 12.1 Å². The zero-order valence-corrected chi connectivity index (χ0v) is 13.0. The van der Waals surface area contributed by atoms with E-state index in [-0.39, 0.29) is 0 Å². The zero-order valence-electron chi connectivity index (χ0n) is 13.0. The Morgan fingerprint density at radius 3 is 2.24 bits per heavy atom. The summed E-state index contributed by atoms with van der Waals surface area (Å²) in [7, 11) is 0. The lowest BCUT2D eigenvalue weighted by Gasteiger charge is -2.56. The van der Waals surface area contributed by atoms with Gasteiger partial charge < -0.3 is 28.8 Å². The Morgan fingerprint density at radius 2 is 1.60 bits per heavy atom. The Labute approximate surface area is 142 Å². The van der Waals surface area contributed by atoms with Gasteiger partial charge in [0.2, 0.25) is 0 Å². The van der Waals surface area contributed by atoms with E-state index in [0.717, 1.165) is 6.08 Å². The maximum absolute atomic E-state index is 12.4. The normalized spacial score (nSPS) is 38.2. The second kappa shape index (κ2) is 6.23. The molecule has 3 heterocycles. The summed E-state index contributed by atoms with van der Waals surface area (Å²) in [6.07, 6.45) is -4.46. The fourth-order valence-electron chi connectivity index (χ4n) is 3.30.